The van der Waals surface area contributed by atoms with Crippen LogP contribution in [-0.2, 0) is 9.53 Å². The number of aryl methyl sites for hydroxylation is 2. The number of amides is 1. The number of hydrogen-bond donors (Lipinski definition) is 1. The number of carbonyl (C=O) groups is 3. The molecule has 0 saturated carbocycles. The van der Waals surface area contributed by atoms with Crippen molar-refractivity contribution in [1.29, 1.82) is 0 Å². The fraction of sp³-hybridized carbons (Fsp3) is 0.160. The van der Waals surface area contributed by atoms with E-state index >= 15 is 0 Å². The van der Waals surface area contributed by atoms with E-state index in [2.05, 4.69) is 5.32 Å². The molecule has 6 heteroatoms. The van der Waals surface area contributed by atoms with E-state index in [1.807, 2.05) is 26.0 Å². The Hall–Kier alpha value is -3.80. The van der Waals surface area contributed by atoms with Gasteiger partial charge in [-0.15, -0.1) is 0 Å². The van der Waals surface area contributed by atoms with Crippen LogP contribution in [0.15, 0.2) is 72.8 Å². The van der Waals surface area contributed by atoms with E-state index in [-0.39, 0.29) is 11.3 Å². The number of carbonyl (C=O) groups excluding carboxylic acids is 3. The maximum absolute atomic E-state index is 13.7. The maximum Gasteiger partial charge on any atom is 0.326 e. The fourth-order valence-corrected chi connectivity index (χ4v) is 2.95. The Morgan fingerprint density at radius 1 is 0.871 bits per heavy atom. The lowest BCUT2D eigenvalue weighted by atomic mass is 9.98. The number of nitrogens with one attached hydrogen (secondary N) is 1. The van der Waals surface area contributed by atoms with Crippen LogP contribution in [0.4, 0.5) is 4.39 Å². The number of rotatable bonds is 7. The molecule has 0 aliphatic heterocycles. The maximum atomic E-state index is 13.7. The van der Waals surface area contributed by atoms with Gasteiger partial charge in [0.25, 0.3) is 5.91 Å². The second-order valence-corrected chi connectivity index (χ2v) is 7.17. The number of ether oxygens (including phenoxy) is 1. The molecule has 1 N–H and O–H groups in total. The summed E-state index contributed by atoms with van der Waals surface area (Å²) < 4.78 is 19.2. The number of Topliss-reactive ketones (excluding diaryl/α,β-unsaturated/α-hetero) is 1. The molecule has 0 bridgehead atoms. The molecule has 0 unspecified atom stereocenters. The Balaban J connectivity index is 1.74. The third kappa shape index (κ3) is 5.63. The summed E-state index contributed by atoms with van der Waals surface area (Å²) in [6.07, 6.45) is -1.17. The number of benzene rings is 3. The van der Waals surface area contributed by atoms with Gasteiger partial charge in [-0.1, -0.05) is 71.8 Å². The monoisotopic (exact) mass is 419 g/mol. The number of esters is 1. The van der Waals surface area contributed by atoms with Crippen molar-refractivity contribution < 1.29 is 23.5 Å². The zero-order valence-electron chi connectivity index (χ0n) is 17.2. The SMILES string of the molecule is Cc1ccc(C(=O)[C@H](OC(=O)CNC(=O)c2ccccc2F)c2ccc(C)cc2)cc1. The predicted octanol–water partition coefficient (Wildman–Crippen LogP) is 4.34. The summed E-state index contributed by atoms with van der Waals surface area (Å²) in [5, 5.41) is 2.33. The minimum absolute atomic E-state index is 0.180. The van der Waals surface area contributed by atoms with Gasteiger partial charge in [0, 0.05) is 11.1 Å². The molecule has 3 rings (SSSR count). The molecule has 0 radical (unpaired) electrons. The van der Waals surface area contributed by atoms with E-state index in [0.717, 1.165) is 17.2 Å². The highest BCUT2D eigenvalue weighted by atomic mass is 19.1. The van der Waals surface area contributed by atoms with Crippen LogP contribution < -0.4 is 5.32 Å². The quantitative estimate of drug-likeness (QED) is 0.457. The van der Waals surface area contributed by atoms with Gasteiger partial charge in [-0.3, -0.25) is 14.4 Å². The third-order valence-electron chi connectivity index (χ3n) is 4.72. The summed E-state index contributed by atoms with van der Waals surface area (Å²) in [5.41, 5.74) is 2.73. The molecule has 0 spiro atoms. The van der Waals surface area contributed by atoms with E-state index in [9.17, 15) is 18.8 Å². The first kappa shape index (κ1) is 21.9. The Bertz CT molecular complexity index is 1090. The van der Waals surface area contributed by atoms with Crippen LogP contribution in [0.1, 0.15) is 43.5 Å². The highest BCUT2D eigenvalue weighted by Gasteiger charge is 2.26. The summed E-state index contributed by atoms with van der Waals surface area (Å²) in [4.78, 5) is 37.6. The van der Waals surface area contributed by atoms with E-state index in [1.165, 1.54) is 18.2 Å². The summed E-state index contributed by atoms with van der Waals surface area (Å²) in [6.45, 7) is 3.31. The molecular weight excluding hydrogens is 397 g/mol. The van der Waals surface area contributed by atoms with Crippen LogP contribution in [0, 0.1) is 19.7 Å². The molecule has 0 aliphatic carbocycles. The van der Waals surface area contributed by atoms with Crippen LogP contribution in [0.2, 0.25) is 0 Å². The highest BCUT2D eigenvalue weighted by molar-refractivity contribution is 6.01. The predicted molar refractivity (Wildman–Crippen MR) is 114 cm³/mol. The van der Waals surface area contributed by atoms with Crippen molar-refractivity contribution in [2.45, 2.75) is 20.0 Å². The minimum Gasteiger partial charge on any atom is -0.448 e. The summed E-state index contributed by atoms with van der Waals surface area (Å²) >= 11 is 0. The smallest absolute Gasteiger partial charge is 0.326 e. The van der Waals surface area contributed by atoms with E-state index < -0.39 is 30.3 Å². The van der Waals surface area contributed by atoms with Crippen LogP contribution in [0.25, 0.3) is 0 Å². The average molecular weight is 419 g/mol. The van der Waals surface area contributed by atoms with Crippen molar-refractivity contribution in [3.05, 3.63) is 106 Å². The molecule has 158 valence electrons. The molecule has 0 heterocycles. The van der Waals surface area contributed by atoms with E-state index in [0.29, 0.717) is 11.1 Å². The minimum atomic E-state index is -1.17. The molecule has 0 fully saturated rings. The van der Waals surface area contributed by atoms with Gasteiger partial charge in [-0.05, 0) is 26.0 Å². The Morgan fingerprint density at radius 3 is 2.06 bits per heavy atom. The Labute approximate surface area is 179 Å². The van der Waals surface area contributed by atoms with Crippen LogP contribution in [0.3, 0.4) is 0 Å². The van der Waals surface area contributed by atoms with Crippen molar-refractivity contribution in [3.63, 3.8) is 0 Å². The van der Waals surface area contributed by atoms with Crippen molar-refractivity contribution in [1.82, 2.24) is 5.32 Å². The van der Waals surface area contributed by atoms with Crippen molar-refractivity contribution in [3.8, 4) is 0 Å². The van der Waals surface area contributed by atoms with Crippen molar-refractivity contribution in [2.24, 2.45) is 0 Å². The molecule has 5 nitrogen and oxygen atoms in total. The number of hydrogen-bond acceptors (Lipinski definition) is 4. The molecule has 1 atom stereocenters. The lowest BCUT2D eigenvalue weighted by Gasteiger charge is -2.18. The van der Waals surface area contributed by atoms with Gasteiger partial charge in [-0.25, -0.2) is 4.39 Å². The van der Waals surface area contributed by atoms with Crippen LogP contribution in [-0.4, -0.2) is 24.2 Å². The lowest BCUT2D eigenvalue weighted by Crippen LogP contribution is -2.33. The molecule has 0 aliphatic rings. The largest absolute Gasteiger partial charge is 0.448 e. The lowest BCUT2D eigenvalue weighted by molar-refractivity contribution is -0.146. The van der Waals surface area contributed by atoms with Crippen LogP contribution in [0.5, 0.6) is 0 Å². The zero-order valence-corrected chi connectivity index (χ0v) is 17.2. The van der Waals surface area contributed by atoms with E-state index in [4.69, 9.17) is 4.74 Å². The summed E-state index contributed by atoms with van der Waals surface area (Å²) in [5.74, 6) is -2.62. The molecule has 31 heavy (non-hydrogen) atoms. The molecule has 3 aromatic rings. The van der Waals surface area contributed by atoms with Gasteiger partial charge in [0.05, 0.1) is 5.56 Å². The van der Waals surface area contributed by atoms with Crippen LogP contribution >= 0.6 is 0 Å². The first-order valence-electron chi connectivity index (χ1n) is 9.75. The van der Waals surface area contributed by atoms with E-state index in [1.54, 1.807) is 36.4 Å². The third-order valence-corrected chi connectivity index (χ3v) is 4.72. The molecule has 0 aromatic heterocycles. The summed E-state index contributed by atoms with van der Waals surface area (Å²) in [6, 6.07) is 19.5. The van der Waals surface area contributed by atoms with Gasteiger partial charge >= 0.3 is 5.97 Å². The fourth-order valence-electron chi connectivity index (χ4n) is 2.95. The second-order valence-electron chi connectivity index (χ2n) is 7.17. The molecule has 1 amide bonds. The first-order valence-corrected chi connectivity index (χ1v) is 9.75. The Morgan fingerprint density at radius 2 is 1.45 bits per heavy atom. The van der Waals surface area contributed by atoms with Crippen molar-refractivity contribution >= 4 is 17.7 Å². The highest BCUT2D eigenvalue weighted by Crippen LogP contribution is 2.23. The van der Waals surface area contributed by atoms with Gasteiger partial charge in [0.1, 0.15) is 12.4 Å². The number of ketones is 1. The molecular formula is C25H22FNO4. The van der Waals surface area contributed by atoms with Gasteiger partial charge in [0.2, 0.25) is 5.78 Å². The topological polar surface area (TPSA) is 72.5 Å². The van der Waals surface area contributed by atoms with Gasteiger partial charge in [0.15, 0.2) is 6.10 Å². The van der Waals surface area contributed by atoms with Gasteiger partial charge < -0.3 is 10.1 Å². The van der Waals surface area contributed by atoms with Crippen molar-refractivity contribution in [2.75, 3.05) is 6.54 Å². The molecule has 0 saturated heterocycles. The zero-order chi connectivity index (χ0) is 22.4. The average Bonchev–Trinajstić information content (AvgIpc) is 2.77. The molecule has 3 aromatic carbocycles. The second kappa shape index (κ2) is 9.80. The van der Waals surface area contributed by atoms with Gasteiger partial charge in [-0.2, -0.15) is 0 Å². The standard InChI is InChI=1S/C25H22FNO4/c1-16-7-11-18(12-8-16)23(29)24(19-13-9-17(2)10-14-19)31-22(28)15-27-25(30)20-5-3-4-6-21(20)26/h3-14,24H,15H2,1-2H3,(H,27,30)/t24-/m1/s1. The number of halogens is 1. The summed E-state index contributed by atoms with van der Waals surface area (Å²) in [7, 11) is 0. The first-order chi connectivity index (χ1) is 14.8. The Kier molecular flexibility index (Phi) is 6.92. The normalized spacial score (nSPS) is 11.5.